The molecule has 2 aromatic rings. The predicted octanol–water partition coefficient (Wildman–Crippen LogP) is 3.85. The Balaban J connectivity index is 2.11. The van der Waals surface area contributed by atoms with Crippen molar-refractivity contribution in [1.29, 1.82) is 0 Å². The number of rotatable bonds is 8. The van der Waals surface area contributed by atoms with Gasteiger partial charge in [-0.1, -0.05) is 31.9 Å². The van der Waals surface area contributed by atoms with Crippen LogP contribution >= 0.6 is 11.6 Å². The van der Waals surface area contributed by atoms with E-state index in [0.717, 1.165) is 30.7 Å². The Morgan fingerprint density at radius 2 is 1.78 bits per heavy atom. The first-order chi connectivity index (χ1) is 15.1. The Bertz CT molecular complexity index is 952. The van der Waals surface area contributed by atoms with Crippen LogP contribution in [0, 0.1) is 23.4 Å². The molecule has 0 aliphatic rings. The van der Waals surface area contributed by atoms with E-state index in [0.29, 0.717) is 6.54 Å². The highest BCUT2D eigenvalue weighted by Gasteiger charge is 2.17. The van der Waals surface area contributed by atoms with E-state index in [1.807, 2.05) is 13.8 Å². The number of hydrogen-bond donors (Lipinski definition) is 4. The molecule has 0 saturated carbocycles. The van der Waals surface area contributed by atoms with Gasteiger partial charge in [0.15, 0.2) is 5.96 Å². The van der Waals surface area contributed by atoms with Crippen LogP contribution in [0.1, 0.15) is 48.7 Å². The highest BCUT2D eigenvalue weighted by Crippen LogP contribution is 2.18. The summed E-state index contributed by atoms with van der Waals surface area (Å²) in [7, 11) is 0. The molecule has 6 N–H and O–H groups in total. The number of nitrogens with one attached hydrogen (secondary N) is 2. The molecule has 0 radical (unpaired) electrons. The summed E-state index contributed by atoms with van der Waals surface area (Å²) in [6.45, 7) is 4.40. The van der Waals surface area contributed by atoms with Gasteiger partial charge in [0, 0.05) is 24.2 Å². The van der Waals surface area contributed by atoms with Crippen LogP contribution in [0.25, 0.3) is 0 Å². The lowest BCUT2D eigenvalue weighted by molar-refractivity contribution is 0.0975. The minimum atomic E-state index is -0.797. The molecule has 0 heterocycles. The minimum Gasteiger partial charge on any atom is -0.341 e. The van der Waals surface area contributed by atoms with E-state index in [1.54, 1.807) is 0 Å². The first kappa shape index (κ1) is 25.6. The Morgan fingerprint density at radius 3 is 2.38 bits per heavy atom. The lowest BCUT2D eigenvalue weighted by atomic mass is 10.0. The van der Waals surface area contributed by atoms with E-state index in [4.69, 9.17) is 23.1 Å². The quantitative estimate of drug-likeness (QED) is 0.267. The first-order valence-electron chi connectivity index (χ1n) is 10.1. The minimum absolute atomic E-state index is 0.0467. The first-order valence-corrected chi connectivity index (χ1v) is 10.5. The second-order valence-corrected chi connectivity index (χ2v) is 7.99. The van der Waals surface area contributed by atoms with Gasteiger partial charge in [0.25, 0.3) is 5.91 Å². The molecule has 0 aliphatic carbocycles. The number of aliphatic imine (C=N–C) groups is 1. The predicted molar refractivity (Wildman–Crippen MR) is 120 cm³/mol. The Morgan fingerprint density at radius 1 is 1.12 bits per heavy atom. The summed E-state index contributed by atoms with van der Waals surface area (Å²) >= 11 is 5.66. The molecule has 2 rings (SSSR count). The SMILES string of the molecule is CCC(C)CN=C(NC(=O)c1ccc(Cl)c(F)c1)NC(N)CC(N)c1cc(F)cc(F)c1. The molecular weight excluding hydrogens is 443 g/mol. The number of guanidine groups is 1. The number of hydrogen-bond acceptors (Lipinski definition) is 4. The van der Waals surface area contributed by atoms with Gasteiger partial charge < -0.3 is 16.8 Å². The smallest absolute Gasteiger partial charge is 0.258 e. The van der Waals surface area contributed by atoms with Crippen LogP contribution < -0.4 is 22.1 Å². The van der Waals surface area contributed by atoms with Crippen molar-refractivity contribution in [3.63, 3.8) is 0 Å². The molecule has 0 aromatic heterocycles. The van der Waals surface area contributed by atoms with Gasteiger partial charge in [0.2, 0.25) is 0 Å². The van der Waals surface area contributed by atoms with E-state index in [2.05, 4.69) is 15.6 Å². The fraction of sp³-hybridized carbons (Fsp3) is 0.364. The second-order valence-electron chi connectivity index (χ2n) is 7.58. The van der Waals surface area contributed by atoms with Gasteiger partial charge in [0.05, 0.1) is 11.2 Å². The molecule has 6 nitrogen and oxygen atoms in total. The molecule has 0 bridgehead atoms. The third kappa shape index (κ3) is 7.81. The fourth-order valence-corrected chi connectivity index (χ4v) is 2.87. The van der Waals surface area contributed by atoms with E-state index < -0.39 is 35.6 Å². The second kappa shape index (κ2) is 11.8. The summed E-state index contributed by atoms with van der Waals surface area (Å²) in [5, 5.41) is 5.33. The summed E-state index contributed by atoms with van der Waals surface area (Å²) in [4.78, 5) is 16.9. The van der Waals surface area contributed by atoms with Crippen molar-refractivity contribution in [2.45, 2.75) is 38.9 Å². The summed E-state index contributed by atoms with van der Waals surface area (Å²) in [5.41, 5.74) is 12.4. The molecule has 32 heavy (non-hydrogen) atoms. The van der Waals surface area contributed by atoms with Crippen molar-refractivity contribution in [2.75, 3.05) is 6.54 Å². The van der Waals surface area contributed by atoms with E-state index in [9.17, 15) is 18.0 Å². The molecule has 1 amide bonds. The van der Waals surface area contributed by atoms with Gasteiger partial charge in [-0.2, -0.15) is 0 Å². The van der Waals surface area contributed by atoms with Gasteiger partial charge in [-0.3, -0.25) is 15.1 Å². The highest BCUT2D eigenvalue weighted by atomic mass is 35.5. The van der Waals surface area contributed by atoms with Crippen LogP contribution in [0.5, 0.6) is 0 Å². The van der Waals surface area contributed by atoms with Gasteiger partial charge in [0.1, 0.15) is 17.5 Å². The lowest BCUT2D eigenvalue weighted by Crippen LogP contribution is -2.50. The van der Waals surface area contributed by atoms with Crippen molar-refractivity contribution >= 4 is 23.5 Å². The van der Waals surface area contributed by atoms with Crippen LogP contribution in [0.4, 0.5) is 13.2 Å². The Labute approximate surface area is 190 Å². The van der Waals surface area contributed by atoms with Crippen molar-refractivity contribution in [3.05, 3.63) is 70.0 Å². The molecule has 2 aromatic carbocycles. The molecule has 174 valence electrons. The molecular formula is C22H27ClF3N5O. The van der Waals surface area contributed by atoms with Gasteiger partial charge in [-0.25, -0.2) is 13.2 Å². The topological polar surface area (TPSA) is 106 Å². The molecule has 0 fully saturated rings. The van der Waals surface area contributed by atoms with Crippen LogP contribution in [0.3, 0.4) is 0 Å². The summed E-state index contributed by atoms with van der Waals surface area (Å²) in [5.74, 6) is -2.50. The van der Waals surface area contributed by atoms with Gasteiger partial charge >= 0.3 is 0 Å². The van der Waals surface area contributed by atoms with Crippen LogP contribution in [-0.4, -0.2) is 24.6 Å². The number of benzene rings is 2. The number of halogens is 4. The largest absolute Gasteiger partial charge is 0.341 e. The zero-order valence-electron chi connectivity index (χ0n) is 17.8. The summed E-state index contributed by atoms with van der Waals surface area (Å²) in [6.07, 6.45) is 0.167. The Hall–Kier alpha value is -2.62. The zero-order chi connectivity index (χ0) is 23.8. The molecule has 3 unspecified atom stereocenters. The molecule has 0 spiro atoms. The molecule has 0 saturated heterocycles. The molecule has 10 heteroatoms. The maximum Gasteiger partial charge on any atom is 0.258 e. The summed E-state index contributed by atoms with van der Waals surface area (Å²) < 4.78 is 40.6. The number of carbonyl (C=O) groups excluding carboxylic acids is 1. The highest BCUT2D eigenvalue weighted by molar-refractivity contribution is 6.30. The summed E-state index contributed by atoms with van der Waals surface area (Å²) in [6, 6.07) is 5.92. The van der Waals surface area contributed by atoms with Crippen molar-refractivity contribution < 1.29 is 18.0 Å². The zero-order valence-corrected chi connectivity index (χ0v) is 18.6. The molecule has 0 aliphatic heterocycles. The van der Waals surface area contributed by atoms with Crippen LogP contribution in [0.2, 0.25) is 5.02 Å². The lowest BCUT2D eigenvalue weighted by Gasteiger charge is -2.21. The average Bonchev–Trinajstić information content (AvgIpc) is 2.72. The normalized spacial score (nSPS) is 14.6. The third-order valence-electron chi connectivity index (χ3n) is 4.81. The van der Waals surface area contributed by atoms with Crippen LogP contribution in [-0.2, 0) is 0 Å². The Kier molecular flexibility index (Phi) is 9.49. The molecule has 3 atom stereocenters. The third-order valence-corrected chi connectivity index (χ3v) is 5.12. The standard InChI is InChI=1S/C22H27ClF3N5O/c1-3-12(2)11-29-22(31-21(32)13-4-5-17(23)18(26)8-13)30-20(28)10-19(27)14-6-15(24)9-16(25)7-14/h4-9,12,19-20H,3,10-11,27-28H2,1-2H3,(H2,29,30,31,32). The van der Waals surface area contributed by atoms with E-state index >= 15 is 0 Å². The fourth-order valence-electron chi connectivity index (χ4n) is 2.75. The number of nitrogens with zero attached hydrogens (tertiary/aromatic N) is 1. The van der Waals surface area contributed by atoms with Gasteiger partial charge in [-0.15, -0.1) is 0 Å². The van der Waals surface area contributed by atoms with Crippen LogP contribution in [0.15, 0.2) is 41.4 Å². The van der Waals surface area contributed by atoms with Crippen molar-refractivity contribution in [1.82, 2.24) is 10.6 Å². The average molecular weight is 470 g/mol. The number of nitrogens with two attached hydrogens (primary N) is 2. The monoisotopic (exact) mass is 469 g/mol. The van der Waals surface area contributed by atoms with E-state index in [1.165, 1.54) is 12.1 Å². The maximum absolute atomic E-state index is 13.7. The number of amides is 1. The van der Waals surface area contributed by atoms with Crippen molar-refractivity contribution in [2.24, 2.45) is 22.4 Å². The maximum atomic E-state index is 13.7. The van der Waals surface area contributed by atoms with Crippen molar-refractivity contribution in [3.8, 4) is 0 Å². The van der Waals surface area contributed by atoms with E-state index in [-0.39, 0.29) is 34.4 Å². The van der Waals surface area contributed by atoms with Gasteiger partial charge in [-0.05, 0) is 48.2 Å². The number of carbonyl (C=O) groups is 1.